The van der Waals surface area contributed by atoms with E-state index >= 15 is 0 Å². The molecule has 2 rings (SSSR count). The summed E-state index contributed by atoms with van der Waals surface area (Å²) in [5.74, 6) is 0. The van der Waals surface area contributed by atoms with E-state index in [2.05, 4.69) is 5.32 Å². The van der Waals surface area contributed by atoms with Gasteiger partial charge in [-0.3, -0.25) is 9.13 Å². The Hall–Kier alpha value is -1.04. The van der Waals surface area contributed by atoms with Crippen LogP contribution in [0.25, 0.3) is 0 Å². The molecule has 0 atom stereocenters. The molecule has 0 saturated carbocycles. The van der Waals surface area contributed by atoms with E-state index in [-0.39, 0.29) is 5.69 Å². The van der Waals surface area contributed by atoms with Crippen LogP contribution in [0, 0.1) is 0 Å². The Labute approximate surface area is 115 Å². The molecular formula is C12H16ClN3OS. The monoisotopic (exact) mass is 285 g/mol. The number of nitrogens with zero attached hydrogens (tertiary/aromatic N) is 2. The average Bonchev–Trinajstić information content (AvgIpc) is 2.92. The first-order valence-corrected chi connectivity index (χ1v) is 7.10. The minimum atomic E-state index is 0.0541. The molecule has 1 N–H and O–H groups in total. The molecule has 2 aromatic rings. The summed E-state index contributed by atoms with van der Waals surface area (Å²) in [6.07, 6.45) is 3.65. The molecule has 0 aliphatic rings. The lowest BCUT2D eigenvalue weighted by Crippen LogP contribution is -2.28. The smallest absolute Gasteiger partial charge is 0.310 e. The fourth-order valence-corrected chi connectivity index (χ4v) is 2.78. The Morgan fingerprint density at radius 2 is 2.11 bits per heavy atom. The van der Waals surface area contributed by atoms with Crippen LogP contribution >= 0.6 is 22.9 Å². The summed E-state index contributed by atoms with van der Waals surface area (Å²) < 4.78 is 4.22. The highest BCUT2D eigenvalue weighted by atomic mass is 35.5. The number of aryl methyl sites for hydroxylation is 1. The molecule has 0 spiro atoms. The minimum absolute atomic E-state index is 0.0541. The highest BCUT2D eigenvalue weighted by Crippen LogP contribution is 2.20. The maximum atomic E-state index is 11.8. The molecular weight excluding hydrogens is 270 g/mol. The van der Waals surface area contributed by atoms with Crippen LogP contribution in [0.4, 0.5) is 0 Å². The van der Waals surface area contributed by atoms with Gasteiger partial charge in [0.25, 0.3) is 0 Å². The summed E-state index contributed by atoms with van der Waals surface area (Å²) in [7, 11) is 0. The molecule has 4 nitrogen and oxygen atoms in total. The van der Waals surface area contributed by atoms with E-state index in [9.17, 15) is 4.79 Å². The van der Waals surface area contributed by atoms with Gasteiger partial charge in [0.2, 0.25) is 0 Å². The Balaban J connectivity index is 1.78. The third kappa shape index (κ3) is 3.25. The van der Waals surface area contributed by atoms with E-state index in [0.29, 0.717) is 13.1 Å². The van der Waals surface area contributed by atoms with Crippen molar-refractivity contribution in [2.24, 2.45) is 0 Å². The standard InChI is InChI=1S/C12H16ClN3OS/c1-2-15-7-8-16(12(15)17)6-5-14-9-10-3-4-11(13)18-10/h3-4,7-8,14H,2,5-6,9H2,1H3. The van der Waals surface area contributed by atoms with Crippen molar-refractivity contribution in [3.05, 3.63) is 44.2 Å². The van der Waals surface area contributed by atoms with Crippen LogP contribution in [-0.4, -0.2) is 15.7 Å². The molecule has 0 bridgehead atoms. The van der Waals surface area contributed by atoms with E-state index in [1.807, 2.05) is 31.5 Å². The molecule has 0 amide bonds. The summed E-state index contributed by atoms with van der Waals surface area (Å²) in [5.41, 5.74) is 0.0541. The lowest BCUT2D eigenvalue weighted by atomic mass is 10.4. The first-order chi connectivity index (χ1) is 8.70. The molecule has 6 heteroatoms. The SMILES string of the molecule is CCn1ccn(CCNCc2ccc(Cl)s2)c1=O. The molecule has 2 aromatic heterocycles. The Bertz CT molecular complexity index is 558. The molecule has 0 radical (unpaired) electrons. The highest BCUT2D eigenvalue weighted by Gasteiger charge is 2.01. The lowest BCUT2D eigenvalue weighted by molar-refractivity contribution is 0.573. The molecule has 0 saturated heterocycles. The Kier molecular flexibility index (Phi) is 4.63. The zero-order valence-corrected chi connectivity index (χ0v) is 11.8. The summed E-state index contributed by atoms with van der Waals surface area (Å²) in [6.45, 7) is 4.92. The van der Waals surface area contributed by atoms with Gasteiger partial charge in [-0.15, -0.1) is 11.3 Å². The van der Waals surface area contributed by atoms with Gasteiger partial charge in [0.05, 0.1) is 4.34 Å². The quantitative estimate of drug-likeness (QED) is 0.826. The number of aromatic nitrogens is 2. The van der Waals surface area contributed by atoms with Crippen LogP contribution in [0.3, 0.4) is 0 Å². The fraction of sp³-hybridized carbons (Fsp3) is 0.417. The van der Waals surface area contributed by atoms with Gasteiger partial charge >= 0.3 is 5.69 Å². The zero-order valence-electron chi connectivity index (χ0n) is 10.2. The van der Waals surface area contributed by atoms with Crippen molar-refractivity contribution >= 4 is 22.9 Å². The van der Waals surface area contributed by atoms with Gasteiger partial charge in [-0.25, -0.2) is 4.79 Å². The maximum Gasteiger partial charge on any atom is 0.328 e. The maximum absolute atomic E-state index is 11.8. The van der Waals surface area contributed by atoms with Crippen molar-refractivity contribution < 1.29 is 0 Å². The third-order valence-corrected chi connectivity index (χ3v) is 3.95. The van der Waals surface area contributed by atoms with E-state index in [1.165, 1.54) is 4.88 Å². The number of imidazole rings is 1. The van der Waals surface area contributed by atoms with E-state index in [4.69, 9.17) is 11.6 Å². The summed E-state index contributed by atoms with van der Waals surface area (Å²) in [4.78, 5) is 13.0. The van der Waals surface area contributed by atoms with Crippen molar-refractivity contribution in [2.75, 3.05) is 6.54 Å². The van der Waals surface area contributed by atoms with Crippen LogP contribution in [0.15, 0.2) is 29.3 Å². The molecule has 0 aliphatic heterocycles. The van der Waals surface area contributed by atoms with Gasteiger partial charge in [-0.1, -0.05) is 11.6 Å². The van der Waals surface area contributed by atoms with Gasteiger partial charge in [-0.2, -0.15) is 0 Å². The van der Waals surface area contributed by atoms with E-state index in [1.54, 1.807) is 20.5 Å². The highest BCUT2D eigenvalue weighted by molar-refractivity contribution is 7.16. The van der Waals surface area contributed by atoms with Crippen LogP contribution in [0.5, 0.6) is 0 Å². The number of rotatable bonds is 6. The van der Waals surface area contributed by atoms with Crippen molar-refractivity contribution in [1.29, 1.82) is 0 Å². The van der Waals surface area contributed by atoms with Gasteiger partial charge < -0.3 is 5.32 Å². The van der Waals surface area contributed by atoms with Crippen molar-refractivity contribution in [3.8, 4) is 0 Å². The summed E-state index contributed by atoms with van der Waals surface area (Å²) in [6, 6.07) is 3.91. The van der Waals surface area contributed by atoms with Crippen LogP contribution < -0.4 is 11.0 Å². The topological polar surface area (TPSA) is 39.0 Å². The normalized spacial score (nSPS) is 11.0. The van der Waals surface area contributed by atoms with E-state index < -0.39 is 0 Å². The van der Waals surface area contributed by atoms with Crippen molar-refractivity contribution in [1.82, 2.24) is 14.5 Å². The molecule has 0 fully saturated rings. The number of nitrogens with one attached hydrogen (secondary N) is 1. The zero-order chi connectivity index (χ0) is 13.0. The van der Waals surface area contributed by atoms with Crippen molar-refractivity contribution in [3.63, 3.8) is 0 Å². The van der Waals surface area contributed by atoms with Crippen LogP contribution in [0.2, 0.25) is 4.34 Å². The van der Waals surface area contributed by atoms with Gasteiger partial charge in [0.15, 0.2) is 0 Å². The van der Waals surface area contributed by atoms with Crippen molar-refractivity contribution in [2.45, 2.75) is 26.6 Å². The second-order valence-corrected chi connectivity index (χ2v) is 5.74. The molecule has 0 unspecified atom stereocenters. The third-order valence-electron chi connectivity index (χ3n) is 2.72. The van der Waals surface area contributed by atoms with Gasteiger partial charge in [0, 0.05) is 43.4 Å². The number of hydrogen-bond acceptors (Lipinski definition) is 3. The lowest BCUT2D eigenvalue weighted by Gasteiger charge is -2.03. The number of hydrogen-bond donors (Lipinski definition) is 1. The molecule has 0 aromatic carbocycles. The summed E-state index contributed by atoms with van der Waals surface area (Å²) in [5, 5.41) is 3.30. The Morgan fingerprint density at radius 1 is 1.33 bits per heavy atom. The fourth-order valence-electron chi connectivity index (χ4n) is 1.72. The van der Waals surface area contributed by atoms with Crippen LogP contribution in [-0.2, 0) is 19.6 Å². The summed E-state index contributed by atoms with van der Waals surface area (Å²) >= 11 is 7.43. The predicted octanol–water partition coefficient (Wildman–Crippen LogP) is 2.17. The number of halogens is 1. The Morgan fingerprint density at radius 3 is 2.72 bits per heavy atom. The molecule has 98 valence electrons. The second-order valence-electron chi connectivity index (χ2n) is 3.94. The average molecular weight is 286 g/mol. The number of thiophene rings is 1. The van der Waals surface area contributed by atoms with Crippen LogP contribution in [0.1, 0.15) is 11.8 Å². The second kappa shape index (κ2) is 6.22. The van der Waals surface area contributed by atoms with Gasteiger partial charge in [-0.05, 0) is 19.1 Å². The predicted molar refractivity (Wildman–Crippen MR) is 75.4 cm³/mol. The van der Waals surface area contributed by atoms with Gasteiger partial charge in [0.1, 0.15) is 0 Å². The molecule has 18 heavy (non-hydrogen) atoms. The molecule has 2 heterocycles. The minimum Gasteiger partial charge on any atom is -0.310 e. The van der Waals surface area contributed by atoms with E-state index in [0.717, 1.165) is 17.4 Å². The first-order valence-electron chi connectivity index (χ1n) is 5.91. The first kappa shape index (κ1) is 13.4. The molecule has 0 aliphatic carbocycles. The largest absolute Gasteiger partial charge is 0.328 e.